The summed E-state index contributed by atoms with van der Waals surface area (Å²) in [4.78, 5) is 27.0. The quantitative estimate of drug-likeness (QED) is 0.818. The molecule has 1 aromatic carbocycles. The molecular formula is C21H25N3O2. The number of carbonyl (C=O) groups excluding carboxylic acids is 2. The number of allylic oxidation sites excluding steroid dienone is 1. The molecule has 1 atom stereocenters. The van der Waals surface area contributed by atoms with Crippen LogP contribution in [-0.2, 0) is 4.79 Å². The van der Waals surface area contributed by atoms with Gasteiger partial charge in [-0.3, -0.25) is 4.79 Å². The molecule has 26 heavy (non-hydrogen) atoms. The normalized spacial score (nSPS) is 22.7. The zero-order chi connectivity index (χ0) is 18.1. The lowest BCUT2D eigenvalue weighted by Gasteiger charge is -2.25. The average molecular weight is 351 g/mol. The fraction of sp³-hybridized carbons (Fsp3) is 0.429. The van der Waals surface area contributed by atoms with Crippen molar-refractivity contribution < 1.29 is 9.59 Å². The Morgan fingerprint density at radius 3 is 2.88 bits per heavy atom. The third-order valence-electron chi connectivity index (χ3n) is 5.48. The van der Waals surface area contributed by atoms with E-state index in [-0.39, 0.29) is 18.0 Å². The van der Waals surface area contributed by atoms with Crippen molar-refractivity contribution in [1.29, 1.82) is 0 Å². The number of amides is 3. The van der Waals surface area contributed by atoms with Crippen LogP contribution in [0.15, 0.2) is 47.2 Å². The van der Waals surface area contributed by atoms with E-state index in [9.17, 15) is 9.59 Å². The van der Waals surface area contributed by atoms with Gasteiger partial charge in [-0.2, -0.15) is 0 Å². The number of urea groups is 1. The highest BCUT2D eigenvalue weighted by molar-refractivity contribution is 6.01. The summed E-state index contributed by atoms with van der Waals surface area (Å²) in [7, 11) is 0. The molecule has 3 amide bonds. The highest BCUT2D eigenvalue weighted by Gasteiger charge is 2.40. The number of nitrogens with one attached hydrogen (secondary N) is 2. The van der Waals surface area contributed by atoms with Gasteiger partial charge < -0.3 is 15.5 Å². The van der Waals surface area contributed by atoms with Gasteiger partial charge in [0.2, 0.25) is 0 Å². The minimum atomic E-state index is -0.370. The van der Waals surface area contributed by atoms with Crippen molar-refractivity contribution in [2.24, 2.45) is 0 Å². The molecular weight excluding hydrogens is 326 g/mol. The van der Waals surface area contributed by atoms with Gasteiger partial charge in [0.05, 0.1) is 23.9 Å². The fourth-order valence-electron chi connectivity index (χ4n) is 4.12. The predicted molar refractivity (Wildman–Crippen MR) is 100 cm³/mol. The first kappa shape index (κ1) is 16.9. The second-order valence-electron chi connectivity index (χ2n) is 7.42. The summed E-state index contributed by atoms with van der Waals surface area (Å²) in [5, 5.41) is 5.76. The largest absolute Gasteiger partial charge is 0.333 e. The van der Waals surface area contributed by atoms with E-state index in [1.807, 2.05) is 36.1 Å². The zero-order valence-electron chi connectivity index (χ0n) is 15.2. The molecule has 1 unspecified atom stereocenters. The first-order valence-corrected chi connectivity index (χ1v) is 9.46. The Kier molecular flexibility index (Phi) is 4.53. The standard InChI is InChI=1S/C21H25N3O2/c1-14-6-5-9-16(12-14)19-18-17(22-21(26)23-19)13-24(20(18)25)11-10-15-7-3-2-4-8-15/h5-7,9,12,19H,2-4,8,10-11,13H2,1H3,(H2,22,23,26). The summed E-state index contributed by atoms with van der Waals surface area (Å²) in [6.07, 6.45) is 8.10. The Morgan fingerprint density at radius 1 is 1.23 bits per heavy atom. The van der Waals surface area contributed by atoms with Crippen molar-refractivity contribution in [1.82, 2.24) is 15.5 Å². The first-order valence-electron chi connectivity index (χ1n) is 9.46. The van der Waals surface area contributed by atoms with Gasteiger partial charge in [-0.1, -0.05) is 41.5 Å². The van der Waals surface area contributed by atoms with Gasteiger partial charge in [-0.15, -0.1) is 0 Å². The number of aryl methyl sites for hydroxylation is 1. The maximum atomic E-state index is 13.0. The van der Waals surface area contributed by atoms with Gasteiger partial charge >= 0.3 is 6.03 Å². The van der Waals surface area contributed by atoms with Crippen molar-refractivity contribution in [3.63, 3.8) is 0 Å². The van der Waals surface area contributed by atoms with Crippen LogP contribution >= 0.6 is 0 Å². The van der Waals surface area contributed by atoms with E-state index < -0.39 is 0 Å². The van der Waals surface area contributed by atoms with E-state index in [4.69, 9.17) is 0 Å². The van der Waals surface area contributed by atoms with Crippen LogP contribution in [0.25, 0.3) is 0 Å². The van der Waals surface area contributed by atoms with Crippen LogP contribution < -0.4 is 10.6 Å². The molecule has 0 saturated heterocycles. The Morgan fingerprint density at radius 2 is 2.12 bits per heavy atom. The van der Waals surface area contributed by atoms with E-state index in [2.05, 4.69) is 16.7 Å². The predicted octanol–water partition coefficient (Wildman–Crippen LogP) is 3.34. The maximum absolute atomic E-state index is 13.0. The lowest BCUT2D eigenvalue weighted by molar-refractivity contribution is -0.125. The molecule has 0 fully saturated rings. The maximum Gasteiger partial charge on any atom is 0.319 e. The van der Waals surface area contributed by atoms with E-state index >= 15 is 0 Å². The summed E-state index contributed by atoms with van der Waals surface area (Å²) in [6, 6.07) is 7.37. The van der Waals surface area contributed by atoms with E-state index in [1.165, 1.54) is 18.4 Å². The molecule has 2 heterocycles. The summed E-state index contributed by atoms with van der Waals surface area (Å²) in [6.45, 7) is 3.23. The van der Waals surface area contributed by atoms with Gasteiger partial charge in [0.25, 0.3) is 5.91 Å². The van der Waals surface area contributed by atoms with Gasteiger partial charge in [0.1, 0.15) is 0 Å². The van der Waals surface area contributed by atoms with E-state index in [0.717, 1.165) is 36.1 Å². The molecule has 1 aliphatic carbocycles. The fourth-order valence-corrected chi connectivity index (χ4v) is 4.12. The van der Waals surface area contributed by atoms with Crippen LogP contribution in [0.2, 0.25) is 0 Å². The molecule has 5 heteroatoms. The molecule has 0 spiro atoms. The Hall–Kier alpha value is -2.56. The van der Waals surface area contributed by atoms with Crippen LogP contribution in [-0.4, -0.2) is 29.9 Å². The molecule has 2 aliphatic heterocycles. The number of rotatable bonds is 4. The van der Waals surface area contributed by atoms with E-state index in [0.29, 0.717) is 18.7 Å². The summed E-state index contributed by atoms with van der Waals surface area (Å²) < 4.78 is 0. The molecule has 4 rings (SSSR count). The number of hydrogen-bond acceptors (Lipinski definition) is 2. The number of carbonyl (C=O) groups is 2. The van der Waals surface area contributed by atoms with Gasteiger partial charge in [0, 0.05) is 6.54 Å². The molecule has 0 aromatic heterocycles. The second kappa shape index (κ2) is 6.98. The molecule has 1 aromatic rings. The van der Waals surface area contributed by atoms with Crippen LogP contribution in [0.5, 0.6) is 0 Å². The SMILES string of the molecule is Cc1cccc(C2NC(=O)NC3=C2C(=O)N(CCC2=CCCCC2)C3)c1. The molecule has 3 aliphatic rings. The second-order valence-corrected chi connectivity index (χ2v) is 7.42. The van der Waals surface area contributed by atoms with Gasteiger partial charge in [-0.05, 0) is 44.6 Å². The molecule has 136 valence electrons. The summed E-state index contributed by atoms with van der Waals surface area (Å²) >= 11 is 0. The molecule has 0 bridgehead atoms. The van der Waals surface area contributed by atoms with Crippen molar-refractivity contribution in [3.05, 3.63) is 58.3 Å². The van der Waals surface area contributed by atoms with E-state index in [1.54, 1.807) is 0 Å². The van der Waals surface area contributed by atoms with Crippen molar-refractivity contribution >= 4 is 11.9 Å². The van der Waals surface area contributed by atoms with Gasteiger partial charge in [0.15, 0.2) is 0 Å². The summed E-state index contributed by atoms with van der Waals surface area (Å²) in [5.74, 6) is 0.0374. The van der Waals surface area contributed by atoms with Crippen LogP contribution in [0.3, 0.4) is 0 Å². The third-order valence-corrected chi connectivity index (χ3v) is 5.48. The minimum absolute atomic E-state index is 0.0374. The topological polar surface area (TPSA) is 61.4 Å². The summed E-state index contributed by atoms with van der Waals surface area (Å²) in [5.41, 5.74) is 4.98. The number of nitrogens with zero attached hydrogens (tertiary/aromatic N) is 1. The zero-order valence-corrected chi connectivity index (χ0v) is 15.2. The third kappa shape index (κ3) is 3.26. The van der Waals surface area contributed by atoms with Crippen LogP contribution in [0, 0.1) is 6.92 Å². The van der Waals surface area contributed by atoms with Crippen LogP contribution in [0.1, 0.15) is 49.3 Å². The molecule has 5 nitrogen and oxygen atoms in total. The Labute approximate surface area is 154 Å². The Balaban J connectivity index is 1.53. The van der Waals surface area contributed by atoms with Gasteiger partial charge in [-0.25, -0.2) is 4.79 Å². The number of benzene rings is 1. The lowest BCUT2D eigenvalue weighted by Crippen LogP contribution is -2.44. The highest BCUT2D eigenvalue weighted by Crippen LogP contribution is 2.33. The molecule has 2 N–H and O–H groups in total. The van der Waals surface area contributed by atoms with Crippen molar-refractivity contribution in [3.8, 4) is 0 Å². The molecule has 0 saturated carbocycles. The number of hydrogen-bond donors (Lipinski definition) is 2. The van der Waals surface area contributed by atoms with Crippen LogP contribution in [0.4, 0.5) is 4.79 Å². The lowest BCUT2D eigenvalue weighted by atomic mass is 9.95. The minimum Gasteiger partial charge on any atom is -0.333 e. The smallest absolute Gasteiger partial charge is 0.319 e. The Bertz CT molecular complexity index is 809. The van der Waals surface area contributed by atoms with Crippen molar-refractivity contribution in [2.45, 2.75) is 45.1 Å². The average Bonchev–Trinajstić information content (AvgIpc) is 2.96. The monoisotopic (exact) mass is 351 g/mol. The first-order chi connectivity index (χ1) is 12.6. The molecule has 0 radical (unpaired) electrons. The highest BCUT2D eigenvalue weighted by atomic mass is 16.2. The van der Waals surface area contributed by atoms with Crippen molar-refractivity contribution in [2.75, 3.05) is 13.1 Å².